The van der Waals surface area contributed by atoms with E-state index in [1.807, 2.05) is 12.1 Å². The Hall–Kier alpha value is -3.80. The highest BCUT2D eigenvalue weighted by atomic mass is 16.7. The van der Waals surface area contributed by atoms with Crippen molar-refractivity contribution in [2.45, 2.75) is 45.6 Å². The molecule has 0 aliphatic carbocycles. The van der Waals surface area contributed by atoms with E-state index in [1.54, 1.807) is 0 Å². The van der Waals surface area contributed by atoms with Gasteiger partial charge in [0, 0.05) is 11.1 Å². The van der Waals surface area contributed by atoms with Crippen molar-refractivity contribution < 1.29 is 9.68 Å². The van der Waals surface area contributed by atoms with Crippen LogP contribution in [-0.4, -0.2) is 23.1 Å². The zero-order valence-corrected chi connectivity index (χ0v) is 19.2. The predicted octanol–water partition coefficient (Wildman–Crippen LogP) is 5.54. The van der Waals surface area contributed by atoms with Crippen molar-refractivity contribution in [2.75, 3.05) is 9.80 Å². The van der Waals surface area contributed by atoms with Crippen LogP contribution in [0.4, 0.5) is 11.4 Å². The quantitative estimate of drug-likeness (QED) is 0.527. The molecule has 0 bridgehead atoms. The average molecular weight is 439 g/mol. The molecule has 3 aromatic carbocycles. The standard InChI is InChI=1S/C27H26N4O2/c1-18-9-13-20(14-10-18)24-28-32-26(3)17-27(4)31(23-8-6-5-7-22(23)30(24)26)25(29-33-27)21-15-11-19(2)12-16-21/h5-16H,17H2,1-4H3/t26-,27-/m1/s1. The molecule has 0 fully saturated rings. The van der Waals surface area contributed by atoms with Gasteiger partial charge in [-0.05, 0) is 39.8 Å². The molecule has 3 heterocycles. The molecule has 0 N–H and O–H groups in total. The molecule has 166 valence electrons. The highest BCUT2D eigenvalue weighted by Gasteiger charge is 2.58. The molecule has 0 amide bonds. The topological polar surface area (TPSA) is 49.7 Å². The Bertz CT molecular complexity index is 1200. The van der Waals surface area contributed by atoms with Crippen LogP contribution in [0.1, 0.15) is 42.5 Å². The number of anilines is 2. The van der Waals surface area contributed by atoms with Crippen molar-refractivity contribution in [3.05, 3.63) is 95.1 Å². The highest BCUT2D eigenvalue weighted by Crippen LogP contribution is 2.51. The van der Waals surface area contributed by atoms with Gasteiger partial charge in [-0.2, -0.15) is 0 Å². The van der Waals surface area contributed by atoms with Gasteiger partial charge in [-0.25, -0.2) is 0 Å². The summed E-state index contributed by atoms with van der Waals surface area (Å²) in [6.45, 7) is 8.30. The molecule has 3 aliphatic heterocycles. The van der Waals surface area contributed by atoms with E-state index in [4.69, 9.17) is 9.68 Å². The zero-order chi connectivity index (χ0) is 22.8. The number of rotatable bonds is 2. The van der Waals surface area contributed by atoms with Crippen LogP contribution >= 0.6 is 0 Å². The first-order chi connectivity index (χ1) is 15.9. The van der Waals surface area contributed by atoms with Crippen LogP contribution in [0.3, 0.4) is 0 Å². The number of hydrogen-bond donors (Lipinski definition) is 0. The number of aryl methyl sites for hydroxylation is 2. The summed E-state index contributed by atoms with van der Waals surface area (Å²) in [4.78, 5) is 16.7. The second-order valence-corrected chi connectivity index (χ2v) is 9.43. The van der Waals surface area contributed by atoms with Crippen LogP contribution in [0.25, 0.3) is 0 Å². The number of amidine groups is 2. The number of para-hydroxylation sites is 2. The third-order valence-corrected chi connectivity index (χ3v) is 6.67. The van der Waals surface area contributed by atoms with E-state index in [0.717, 1.165) is 34.2 Å². The molecule has 0 saturated heterocycles. The van der Waals surface area contributed by atoms with Crippen molar-refractivity contribution in [1.82, 2.24) is 0 Å². The Morgan fingerprint density at radius 1 is 0.636 bits per heavy atom. The van der Waals surface area contributed by atoms with Gasteiger partial charge < -0.3 is 9.68 Å². The third kappa shape index (κ3) is 2.94. The molecule has 6 heteroatoms. The minimum atomic E-state index is -0.738. The SMILES string of the molecule is Cc1ccc(C2=NO[C@]3(C)C[C@@]4(C)ON=C(c5ccc(C)cc5)N4c4ccccc4N23)cc1. The zero-order valence-electron chi connectivity index (χ0n) is 19.2. The second kappa shape index (κ2) is 6.85. The summed E-state index contributed by atoms with van der Waals surface area (Å²) in [5.41, 5.74) is 4.97. The van der Waals surface area contributed by atoms with E-state index in [1.165, 1.54) is 11.1 Å². The number of fused-ring (bicyclic) bond motifs is 5. The van der Waals surface area contributed by atoms with Gasteiger partial charge in [0.05, 0.1) is 17.8 Å². The minimum absolute atomic E-state index is 0.534. The molecular formula is C27H26N4O2. The monoisotopic (exact) mass is 438 g/mol. The number of hydrogen-bond acceptors (Lipinski definition) is 6. The van der Waals surface area contributed by atoms with Crippen LogP contribution in [-0.2, 0) is 9.68 Å². The van der Waals surface area contributed by atoms with E-state index < -0.39 is 11.4 Å². The van der Waals surface area contributed by atoms with E-state index in [9.17, 15) is 0 Å². The summed E-state index contributed by atoms with van der Waals surface area (Å²) < 4.78 is 0. The largest absolute Gasteiger partial charge is 0.365 e. The lowest BCUT2D eigenvalue weighted by Gasteiger charge is -2.36. The van der Waals surface area contributed by atoms with Crippen molar-refractivity contribution in [3.63, 3.8) is 0 Å². The molecule has 33 heavy (non-hydrogen) atoms. The molecule has 0 aromatic heterocycles. The number of benzene rings is 3. The molecule has 6 nitrogen and oxygen atoms in total. The number of oxime groups is 2. The minimum Gasteiger partial charge on any atom is -0.365 e. The summed E-state index contributed by atoms with van der Waals surface area (Å²) in [5.74, 6) is 1.59. The fourth-order valence-electron chi connectivity index (χ4n) is 5.07. The molecule has 0 radical (unpaired) electrons. The average Bonchev–Trinajstić information content (AvgIpc) is 3.29. The number of nitrogens with zero attached hydrogens (tertiary/aromatic N) is 4. The molecule has 0 unspecified atom stereocenters. The van der Waals surface area contributed by atoms with Gasteiger partial charge in [-0.1, -0.05) is 82.1 Å². The maximum atomic E-state index is 6.16. The molecule has 0 saturated carbocycles. The molecule has 2 atom stereocenters. The first kappa shape index (κ1) is 19.9. The summed E-state index contributed by atoms with van der Waals surface area (Å²) in [6, 6.07) is 25.1. The van der Waals surface area contributed by atoms with Gasteiger partial charge in [-0.3, -0.25) is 9.80 Å². The molecule has 3 aliphatic rings. The van der Waals surface area contributed by atoms with Crippen LogP contribution in [0, 0.1) is 13.8 Å². The lowest BCUT2D eigenvalue weighted by Crippen LogP contribution is -2.53. The summed E-state index contributed by atoms with van der Waals surface area (Å²) >= 11 is 0. The Balaban J connectivity index is 1.52. The van der Waals surface area contributed by atoms with Gasteiger partial charge in [0.1, 0.15) is 0 Å². The second-order valence-electron chi connectivity index (χ2n) is 9.43. The predicted molar refractivity (Wildman–Crippen MR) is 130 cm³/mol. The lowest BCUT2D eigenvalue weighted by molar-refractivity contribution is -0.0863. The van der Waals surface area contributed by atoms with E-state index in [-0.39, 0.29) is 0 Å². The first-order valence-corrected chi connectivity index (χ1v) is 11.2. The van der Waals surface area contributed by atoms with E-state index in [2.05, 4.69) is 108 Å². The molecule has 6 rings (SSSR count). The van der Waals surface area contributed by atoms with Crippen LogP contribution in [0.5, 0.6) is 0 Å². The molecular weight excluding hydrogens is 412 g/mol. The van der Waals surface area contributed by atoms with Crippen molar-refractivity contribution in [1.29, 1.82) is 0 Å². The van der Waals surface area contributed by atoms with Crippen molar-refractivity contribution in [3.8, 4) is 0 Å². The normalized spacial score (nSPS) is 25.2. The van der Waals surface area contributed by atoms with Gasteiger partial charge in [0.25, 0.3) is 0 Å². The summed E-state index contributed by atoms with van der Waals surface area (Å²) in [6.07, 6.45) is 0.534. The van der Waals surface area contributed by atoms with E-state index >= 15 is 0 Å². The van der Waals surface area contributed by atoms with Crippen molar-refractivity contribution in [2.24, 2.45) is 10.3 Å². The maximum absolute atomic E-state index is 6.16. The smallest absolute Gasteiger partial charge is 0.218 e. The Morgan fingerprint density at radius 2 is 1.03 bits per heavy atom. The summed E-state index contributed by atoms with van der Waals surface area (Å²) in [7, 11) is 0. The third-order valence-electron chi connectivity index (χ3n) is 6.67. The van der Waals surface area contributed by atoms with Crippen LogP contribution < -0.4 is 9.80 Å². The van der Waals surface area contributed by atoms with Crippen LogP contribution in [0.2, 0.25) is 0 Å². The van der Waals surface area contributed by atoms with Gasteiger partial charge >= 0.3 is 0 Å². The Kier molecular flexibility index (Phi) is 4.12. The highest BCUT2D eigenvalue weighted by molar-refractivity contribution is 6.17. The first-order valence-electron chi connectivity index (χ1n) is 11.2. The maximum Gasteiger partial charge on any atom is 0.218 e. The van der Waals surface area contributed by atoms with Gasteiger partial charge in [0.15, 0.2) is 11.7 Å². The van der Waals surface area contributed by atoms with Gasteiger partial charge in [-0.15, -0.1) is 0 Å². The molecule has 3 aromatic rings. The fraction of sp³-hybridized carbons (Fsp3) is 0.259. The Labute approximate surface area is 193 Å². The molecule has 0 spiro atoms. The van der Waals surface area contributed by atoms with Crippen molar-refractivity contribution >= 4 is 23.0 Å². The lowest BCUT2D eigenvalue weighted by atomic mass is 9.99. The summed E-state index contributed by atoms with van der Waals surface area (Å²) in [5, 5.41) is 9.11. The van der Waals surface area contributed by atoms with Crippen LogP contribution in [0.15, 0.2) is 83.1 Å². The Morgan fingerprint density at radius 3 is 1.42 bits per heavy atom. The van der Waals surface area contributed by atoms with Gasteiger partial charge in [0.2, 0.25) is 11.4 Å². The van der Waals surface area contributed by atoms with E-state index in [0.29, 0.717) is 6.42 Å². The fourth-order valence-corrected chi connectivity index (χ4v) is 5.07.